The Morgan fingerprint density at radius 1 is 0.648 bits per heavy atom. The molecule has 2 saturated carbocycles. The summed E-state index contributed by atoms with van der Waals surface area (Å²) < 4.78 is 11.3. The molecule has 2 aliphatic rings. The number of fused-ring (bicyclic) bond motifs is 2. The molecule has 0 radical (unpaired) electrons. The van der Waals surface area contributed by atoms with Crippen molar-refractivity contribution in [3.8, 4) is 0 Å². The summed E-state index contributed by atoms with van der Waals surface area (Å²) in [6.07, 6.45) is 31.4. The molecule has 54 heavy (non-hydrogen) atoms. The third-order valence-electron chi connectivity index (χ3n) is 11.9. The minimum absolute atomic E-state index is 0.0147. The van der Waals surface area contributed by atoms with Gasteiger partial charge in [0, 0.05) is 13.0 Å². The van der Waals surface area contributed by atoms with Gasteiger partial charge in [0.1, 0.15) is 0 Å². The number of unbranched alkanes of at least 4 members (excludes halogenated alkanes) is 13. The van der Waals surface area contributed by atoms with Crippen LogP contribution in [0, 0.1) is 35.0 Å². The molecule has 2 unspecified atom stereocenters. The zero-order valence-corrected chi connectivity index (χ0v) is 37.2. The summed E-state index contributed by atoms with van der Waals surface area (Å²) in [7, 11) is 0. The minimum atomic E-state index is -0.0147. The molecule has 0 aromatic heterocycles. The average molecular weight is 764 g/mol. The number of aliphatic hydroxyl groups is 1. The van der Waals surface area contributed by atoms with Gasteiger partial charge in [-0.25, -0.2) is 0 Å². The van der Waals surface area contributed by atoms with Gasteiger partial charge in [0.15, 0.2) is 0 Å². The van der Waals surface area contributed by atoms with Gasteiger partial charge in [-0.2, -0.15) is 0 Å². The zero-order valence-electron chi connectivity index (χ0n) is 37.2. The van der Waals surface area contributed by atoms with E-state index in [4.69, 9.17) is 9.47 Å². The molecule has 2 fully saturated rings. The van der Waals surface area contributed by atoms with Crippen LogP contribution in [0.15, 0.2) is 0 Å². The molecule has 0 amide bonds. The van der Waals surface area contributed by atoms with E-state index in [1.807, 2.05) is 0 Å². The highest BCUT2D eigenvalue weighted by Gasteiger charge is 2.42. The second-order valence-electron chi connectivity index (χ2n) is 19.0. The van der Waals surface area contributed by atoms with Crippen LogP contribution < -0.4 is 0 Å². The van der Waals surface area contributed by atoms with Gasteiger partial charge in [0.05, 0.1) is 26.2 Å². The van der Waals surface area contributed by atoms with E-state index < -0.39 is 0 Å². The number of nitrogens with zero attached hydrogens (tertiary/aromatic N) is 1. The predicted octanol–water partition coefficient (Wildman–Crippen LogP) is 13.1. The molecule has 6 heteroatoms. The fourth-order valence-electron chi connectivity index (χ4n) is 9.41. The van der Waals surface area contributed by atoms with Crippen molar-refractivity contribution in [3.05, 3.63) is 0 Å². The van der Waals surface area contributed by atoms with E-state index in [0.717, 1.165) is 88.3 Å². The standard InChI is InChI=1S/C44H83NO5.C4H10/c1-5-7-16-22-39(23-17-8-6-2)25-31-50-42(47)24-18-12-11-14-20-27-45(28-29-46)26-19-13-9-10-15-21-30-49-43(48)37-44(4)35-40-32-38(3)33-41(34-40)36-44;1-4(2)3/h38-41,46H,5-37H2,1-4H3;4H,1-3H3. The maximum absolute atomic E-state index is 12.6. The number of ether oxygens (including phenoxy) is 2. The van der Waals surface area contributed by atoms with Crippen molar-refractivity contribution in [2.75, 3.05) is 39.5 Å². The lowest BCUT2D eigenvalue weighted by Gasteiger charge is -2.47. The summed E-state index contributed by atoms with van der Waals surface area (Å²) in [5, 5.41) is 9.54. The van der Waals surface area contributed by atoms with Crippen molar-refractivity contribution in [2.45, 2.75) is 222 Å². The Kier molecular flexibility index (Phi) is 31.0. The molecular weight excluding hydrogens is 671 g/mol. The van der Waals surface area contributed by atoms with Crippen molar-refractivity contribution >= 4 is 11.9 Å². The average Bonchev–Trinajstić information content (AvgIpc) is 3.09. The number of carbonyl (C=O) groups excluding carboxylic acids is 2. The zero-order chi connectivity index (χ0) is 39.9. The lowest BCUT2D eigenvalue weighted by Crippen LogP contribution is -2.37. The Morgan fingerprint density at radius 3 is 1.69 bits per heavy atom. The van der Waals surface area contributed by atoms with Crippen molar-refractivity contribution in [3.63, 3.8) is 0 Å². The fraction of sp³-hybridized carbons (Fsp3) is 0.958. The summed E-state index contributed by atoms with van der Waals surface area (Å²) in [5.41, 5.74) is 0.149. The van der Waals surface area contributed by atoms with Gasteiger partial charge in [-0.05, 0) is 112 Å². The van der Waals surface area contributed by atoms with E-state index in [0.29, 0.717) is 32.0 Å². The molecule has 2 aliphatic carbocycles. The maximum Gasteiger partial charge on any atom is 0.306 e. The van der Waals surface area contributed by atoms with E-state index in [-0.39, 0.29) is 24.0 Å². The number of esters is 2. The normalized spacial score (nSPS) is 21.0. The molecule has 0 aliphatic heterocycles. The SMILES string of the molecule is CC(C)C.CCCCCC(CCCCC)CCOC(=O)CCCCCCCN(CCO)CCCCCCCCOC(=O)CC1(C)CC2CC(C)CC(C2)C1. The molecule has 0 aromatic rings. The molecule has 6 nitrogen and oxygen atoms in total. The monoisotopic (exact) mass is 764 g/mol. The predicted molar refractivity (Wildman–Crippen MR) is 230 cm³/mol. The lowest BCUT2D eigenvalue weighted by atomic mass is 9.58. The van der Waals surface area contributed by atoms with Gasteiger partial charge in [-0.1, -0.05) is 145 Å². The van der Waals surface area contributed by atoms with Gasteiger partial charge >= 0.3 is 11.9 Å². The molecule has 0 heterocycles. The molecule has 2 bridgehead atoms. The maximum atomic E-state index is 12.6. The fourth-order valence-corrected chi connectivity index (χ4v) is 9.41. The molecule has 0 spiro atoms. The molecule has 2 rings (SSSR count). The van der Waals surface area contributed by atoms with E-state index in [9.17, 15) is 14.7 Å². The smallest absolute Gasteiger partial charge is 0.306 e. The summed E-state index contributed by atoms with van der Waals surface area (Å²) in [5.74, 6) is 4.05. The Labute approximate surface area is 336 Å². The Balaban J connectivity index is 0.00000346. The van der Waals surface area contributed by atoms with Gasteiger partial charge in [0.2, 0.25) is 0 Å². The summed E-state index contributed by atoms with van der Waals surface area (Å²) >= 11 is 0. The van der Waals surface area contributed by atoms with E-state index >= 15 is 0 Å². The number of aliphatic hydroxyl groups excluding tert-OH is 1. The molecule has 0 saturated heterocycles. The number of rotatable bonds is 32. The van der Waals surface area contributed by atoms with E-state index in [2.05, 4.69) is 53.4 Å². The molecule has 2 atom stereocenters. The topological polar surface area (TPSA) is 76.1 Å². The third kappa shape index (κ3) is 28.3. The van der Waals surface area contributed by atoms with Crippen LogP contribution in [0.4, 0.5) is 0 Å². The number of hydrogen-bond donors (Lipinski definition) is 1. The summed E-state index contributed by atoms with van der Waals surface area (Å²) in [6.45, 7) is 20.0. The van der Waals surface area contributed by atoms with Crippen LogP contribution in [0.2, 0.25) is 0 Å². The molecule has 1 N–H and O–H groups in total. The van der Waals surface area contributed by atoms with Gasteiger partial charge in [-0.15, -0.1) is 0 Å². The van der Waals surface area contributed by atoms with Gasteiger partial charge in [0.25, 0.3) is 0 Å². The largest absolute Gasteiger partial charge is 0.466 e. The van der Waals surface area contributed by atoms with Crippen LogP contribution in [-0.4, -0.2) is 61.4 Å². The van der Waals surface area contributed by atoms with Crippen LogP contribution in [0.3, 0.4) is 0 Å². The van der Waals surface area contributed by atoms with Crippen LogP contribution in [0.5, 0.6) is 0 Å². The first-order chi connectivity index (χ1) is 26.0. The highest BCUT2D eigenvalue weighted by Crippen LogP contribution is 2.51. The first-order valence-electron chi connectivity index (χ1n) is 23.6. The van der Waals surface area contributed by atoms with Crippen molar-refractivity contribution in [2.24, 2.45) is 35.0 Å². The van der Waals surface area contributed by atoms with E-state index in [1.165, 1.54) is 116 Å². The second-order valence-corrected chi connectivity index (χ2v) is 19.0. The third-order valence-corrected chi connectivity index (χ3v) is 11.9. The van der Waals surface area contributed by atoms with E-state index in [1.54, 1.807) is 0 Å². The molecular formula is C48H93NO5. The van der Waals surface area contributed by atoms with Crippen LogP contribution in [0.1, 0.15) is 222 Å². The van der Waals surface area contributed by atoms with Gasteiger partial charge < -0.3 is 19.5 Å². The summed E-state index contributed by atoms with van der Waals surface area (Å²) in [4.78, 5) is 27.3. The van der Waals surface area contributed by atoms with Crippen LogP contribution >= 0.6 is 0 Å². The Bertz CT molecular complexity index is 862. The first kappa shape index (κ1) is 50.9. The highest BCUT2D eigenvalue weighted by atomic mass is 16.5. The minimum Gasteiger partial charge on any atom is -0.466 e. The first-order valence-corrected chi connectivity index (χ1v) is 23.6. The quantitative estimate of drug-likeness (QED) is 0.0543. The summed E-state index contributed by atoms with van der Waals surface area (Å²) in [6, 6.07) is 0. The number of carbonyl (C=O) groups is 2. The lowest BCUT2D eigenvalue weighted by molar-refractivity contribution is -0.148. The number of hydrogen-bond acceptors (Lipinski definition) is 6. The van der Waals surface area contributed by atoms with Crippen molar-refractivity contribution in [1.82, 2.24) is 4.90 Å². The van der Waals surface area contributed by atoms with Crippen LogP contribution in [-0.2, 0) is 19.1 Å². The van der Waals surface area contributed by atoms with Crippen molar-refractivity contribution in [1.29, 1.82) is 0 Å². The Morgan fingerprint density at radius 2 is 1.15 bits per heavy atom. The second kappa shape index (κ2) is 32.9. The molecule has 0 aromatic carbocycles. The Hall–Kier alpha value is -1.14. The molecule has 320 valence electrons. The van der Waals surface area contributed by atoms with Crippen molar-refractivity contribution < 1.29 is 24.2 Å². The van der Waals surface area contributed by atoms with Gasteiger partial charge in [-0.3, -0.25) is 9.59 Å². The highest BCUT2D eigenvalue weighted by molar-refractivity contribution is 5.70. The van der Waals surface area contributed by atoms with Crippen LogP contribution in [0.25, 0.3) is 0 Å².